The van der Waals surface area contributed by atoms with Gasteiger partial charge in [0.25, 0.3) is 5.56 Å². The molecule has 122 valence electrons. The molecule has 23 heavy (non-hydrogen) atoms. The Morgan fingerprint density at radius 2 is 2.17 bits per heavy atom. The Balaban J connectivity index is 1.54. The van der Waals surface area contributed by atoms with E-state index in [2.05, 4.69) is 9.88 Å². The molecule has 3 heterocycles. The maximum absolute atomic E-state index is 12.5. The minimum atomic E-state index is 0.0553. The number of H-pyrrole nitrogens is 1. The van der Waals surface area contributed by atoms with Crippen LogP contribution in [0.2, 0.25) is 0 Å². The smallest absolute Gasteiger partial charge is 0.255 e. The first kappa shape index (κ1) is 14.7. The van der Waals surface area contributed by atoms with Gasteiger partial charge in [0.05, 0.1) is 24.1 Å². The van der Waals surface area contributed by atoms with E-state index < -0.39 is 0 Å². The molecular weight excluding hydrogens is 290 g/mol. The number of rotatable bonds is 3. The van der Waals surface area contributed by atoms with Crippen LogP contribution in [0.15, 0.2) is 27.6 Å². The van der Waals surface area contributed by atoms with Crippen LogP contribution in [0.4, 0.5) is 0 Å². The van der Waals surface area contributed by atoms with E-state index in [0.717, 1.165) is 55.2 Å². The van der Waals surface area contributed by atoms with Crippen molar-refractivity contribution >= 4 is 0 Å². The van der Waals surface area contributed by atoms with Gasteiger partial charge in [0.15, 0.2) is 0 Å². The molecule has 1 N–H and O–H groups in total. The average Bonchev–Trinajstić information content (AvgIpc) is 3.09. The van der Waals surface area contributed by atoms with Gasteiger partial charge in [-0.05, 0) is 25.0 Å². The van der Waals surface area contributed by atoms with Gasteiger partial charge in [0, 0.05) is 25.4 Å². The lowest BCUT2D eigenvalue weighted by Gasteiger charge is -2.28. The third-order valence-corrected chi connectivity index (χ3v) is 5.12. The number of aromatic amines is 1. The van der Waals surface area contributed by atoms with Crippen molar-refractivity contribution in [2.24, 2.45) is 0 Å². The molecule has 0 saturated heterocycles. The summed E-state index contributed by atoms with van der Waals surface area (Å²) in [5, 5.41) is 0. The molecule has 1 aliphatic carbocycles. The summed E-state index contributed by atoms with van der Waals surface area (Å²) in [6.45, 7) is 2.33. The van der Waals surface area contributed by atoms with Crippen molar-refractivity contribution in [2.75, 3.05) is 6.54 Å². The SMILES string of the molecule is O=c1[nH]c(C2CCCCC2)nc2c1CN(Cc1ccco1)CC2. The molecule has 5 nitrogen and oxygen atoms in total. The number of aromatic nitrogens is 2. The number of nitrogens with one attached hydrogen (secondary N) is 1. The maximum atomic E-state index is 12.5. The van der Waals surface area contributed by atoms with E-state index in [1.165, 1.54) is 19.3 Å². The summed E-state index contributed by atoms with van der Waals surface area (Å²) in [6, 6.07) is 3.88. The van der Waals surface area contributed by atoms with Crippen LogP contribution in [0, 0.1) is 0 Å². The molecule has 4 rings (SSSR count). The molecule has 2 aromatic rings. The van der Waals surface area contributed by atoms with E-state index >= 15 is 0 Å². The zero-order valence-electron chi connectivity index (χ0n) is 13.4. The lowest BCUT2D eigenvalue weighted by molar-refractivity contribution is 0.222. The second-order valence-corrected chi connectivity index (χ2v) is 6.75. The summed E-state index contributed by atoms with van der Waals surface area (Å²) < 4.78 is 5.41. The van der Waals surface area contributed by atoms with Crippen molar-refractivity contribution in [3.8, 4) is 0 Å². The molecule has 0 spiro atoms. The Hall–Kier alpha value is -1.88. The third-order valence-electron chi connectivity index (χ3n) is 5.12. The zero-order valence-corrected chi connectivity index (χ0v) is 13.4. The number of furan rings is 1. The average molecular weight is 313 g/mol. The second kappa shape index (κ2) is 6.32. The van der Waals surface area contributed by atoms with Gasteiger partial charge in [-0.15, -0.1) is 0 Å². The summed E-state index contributed by atoms with van der Waals surface area (Å²) in [6.07, 6.45) is 8.68. The Labute approximate surface area is 135 Å². The Morgan fingerprint density at radius 1 is 1.30 bits per heavy atom. The van der Waals surface area contributed by atoms with Crippen molar-refractivity contribution < 1.29 is 4.42 Å². The van der Waals surface area contributed by atoms with Crippen LogP contribution in [-0.2, 0) is 19.5 Å². The van der Waals surface area contributed by atoms with Crippen molar-refractivity contribution in [1.29, 1.82) is 0 Å². The van der Waals surface area contributed by atoms with Crippen LogP contribution in [0.3, 0.4) is 0 Å². The highest BCUT2D eigenvalue weighted by atomic mass is 16.3. The van der Waals surface area contributed by atoms with Gasteiger partial charge in [0.2, 0.25) is 0 Å². The van der Waals surface area contributed by atoms with Gasteiger partial charge in [-0.1, -0.05) is 19.3 Å². The van der Waals surface area contributed by atoms with Crippen LogP contribution in [0.1, 0.15) is 60.9 Å². The molecule has 2 aromatic heterocycles. The fourth-order valence-electron chi connectivity index (χ4n) is 3.83. The monoisotopic (exact) mass is 313 g/mol. The lowest BCUT2D eigenvalue weighted by atomic mass is 9.88. The van der Waals surface area contributed by atoms with Crippen molar-refractivity contribution in [3.63, 3.8) is 0 Å². The molecule has 2 aliphatic rings. The molecule has 0 atom stereocenters. The fraction of sp³-hybridized carbons (Fsp3) is 0.556. The first-order chi connectivity index (χ1) is 11.3. The van der Waals surface area contributed by atoms with Crippen molar-refractivity contribution in [2.45, 2.75) is 57.5 Å². The number of nitrogens with zero attached hydrogens (tertiary/aromatic N) is 2. The van der Waals surface area contributed by atoms with Gasteiger partial charge in [-0.25, -0.2) is 4.98 Å². The largest absolute Gasteiger partial charge is 0.468 e. The normalized spacial score (nSPS) is 19.7. The van der Waals surface area contributed by atoms with Gasteiger partial charge >= 0.3 is 0 Å². The Morgan fingerprint density at radius 3 is 2.96 bits per heavy atom. The highest BCUT2D eigenvalue weighted by Crippen LogP contribution is 2.30. The maximum Gasteiger partial charge on any atom is 0.255 e. The van der Waals surface area contributed by atoms with E-state index in [4.69, 9.17) is 9.40 Å². The number of hydrogen-bond donors (Lipinski definition) is 1. The standard InChI is InChI=1S/C18H23N3O2/c22-18-15-12-21(11-14-7-4-10-23-14)9-8-16(15)19-17(20-18)13-5-2-1-3-6-13/h4,7,10,13H,1-3,5-6,8-9,11-12H2,(H,19,20,22). The van der Waals surface area contributed by atoms with E-state index in [1.54, 1.807) is 6.26 Å². The highest BCUT2D eigenvalue weighted by Gasteiger charge is 2.24. The fourth-order valence-corrected chi connectivity index (χ4v) is 3.83. The summed E-state index contributed by atoms with van der Waals surface area (Å²) in [4.78, 5) is 22.7. The molecule has 0 aromatic carbocycles. The predicted molar refractivity (Wildman–Crippen MR) is 87.2 cm³/mol. The molecule has 1 aliphatic heterocycles. The first-order valence-electron chi connectivity index (χ1n) is 8.66. The summed E-state index contributed by atoms with van der Waals surface area (Å²) in [7, 11) is 0. The molecule has 0 unspecified atom stereocenters. The minimum absolute atomic E-state index is 0.0553. The molecular formula is C18H23N3O2. The van der Waals surface area contributed by atoms with Gasteiger partial charge in [-0.3, -0.25) is 9.69 Å². The summed E-state index contributed by atoms with van der Waals surface area (Å²) in [5.74, 6) is 2.31. The van der Waals surface area contributed by atoms with Crippen LogP contribution < -0.4 is 5.56 Å². The minimum Gasteiger partial charge on any atom is -0.468 e. The molecule has 5 heteroatoms. The summed E-state index contributed by atoms with van der Waals surface area (Å²) in [5.41, 5.74) is 1.90. The van der Waals surface area contributed by atoms with Gasteiger partial charge in [0.1, 0.15) is 11.6 Å². The number of hydrogen-bond acceptors (Lipinski definition) is 4. The third kappa shape index (κ3) is 3.11. The van der Waals surface area contributed by atoms with E-state index in [-0.39, 0.29) is 5.56 Å². The second-order valence-electron chi connectivity index (χ2n) is 6.75. The lowest BCUT2D eigenvalue weighted by Crippen LogP contribution is -2.36. The van der Waals surface area contributed by atoms with Crippen molar-refractivity contribution in [3.05, 3.63) is 51.6 Å². The quantitative estimate of drug-likeness (QED) is 0.946. The Kier molecular flexibility index (Phi) is 4.04. The van der Waals surface area contributed by atoms with Gasteiger partial charge in [-0.2, -0.15) is 0 Å². The molecule has 0 bridgehead atoms. The topological polar surface area (TPSA) is 62.1 Å². The van der Waals surface area contributed by atoms with E-state index in [1.807, 2.05) is 12.1 Å². The highest BCUT2D eigenvalue weighted by molar-refractivity contribution is 5.22. The zero-order chi connectivity index (χ0) is 15.6. The van der Waals surface area contributed by atoms with Crippen LogP contribution in [0.25, 0.3) is 0 Å². The van der Waals surface area contributed by atoms with Crippen LogP contribution in [-0.4, -0.2) is 21.4 Å². The molecule has 0 amide bonds. The molecule has 0 radical (unpaired) electrons. The first-order valence-corrected chi connectivity index (χ1v) is 8.66. The van der Waals surface area contributed by atoms with E-state index in [0.29, 0.717) is 12.5 Å². The van der Waals surface area contributed by atoms with Crippen LogP contribution >= 0.6 is 0 Å². The Bertz CT molecular complexity index is 714. The van der Waals surface area contributed by atoms with Crippen LogP contribution in [0.5, 0.6) is 0 Å². The van der Waals surface area contributed by atoms with E-state index in [9.17, 15) is 4.79 Å². The predicted octanol–water partition coefficient (Wildman–Crippen LogP) is 2.97. The summed E-state index contributed by atoms with van der Waals surface area (Å²) >= 11 is 0. The van der Waals surface area contributed by atoms with Gasteiger partial charge < -0.3 is 9.40 Å². The molecule has 1 saturated carbocycles. The number of fused-ring (bicyclic) bond motifs is 1. The van der Waals surface area contributed by atoms with Crippen molar-refractivity contribution in [1.82, 2.24) is 14.9 Å². The molecule has 1 fully saturated rings.